The molecule has 758 valence electrons. The number of alkyl halides is 4. The number of aryl methyl sites for hydroxylation is 5. The Kier molecular flexibility index (Phi) is 89.9. The second-order valence-electron chi connectivity index (χ2n) is 32.2. The van der Waals surface area contributed by atoms with E-state index in [1.807, 2.05) is 120 Å². The van der Waals surface area contributed by atoms with Crippen molar-refractivity contribution in [2.75, 3.05) is 102 Å². The van der Waals surface area contributed by atoms with Gasteiger partial charge in [0.2, 0.25) is 0 Å². The van der Waals surface area contributed by atoms with E-state index in [1.54, 1.807) is 29.2 Å². The van der Waals surface area contributed by atoms with Crippen LogP contribution in [0.25, 0.3) is 0 Å². The van der Waals surface area contributed by atoms with Crippen LogP contribution in [-0.2, 0) is 72.8 Å². The van der Waals surface area contributed by atoms with E-state index >= 15 is 0 Å². The predicted octanol–water partition coefficient (Wildman–Crippen LogP) is 10.7. The molecule has 6 radical (unpaired) electrons. The van der Waals surface area contributed by atoms with Crippen LogP contribution in [0, 0.1) is 173 Å². The summed E-state index contributed by atoms with van der Waals surface area (Å²) in [7, 11) is 2.87. The molecule has 0 aliphatic carbocycles. The van der Waals surface area contributed by atoms with E-state index < -0.39 is 0 Å². The first-order valence-corrected chi connectivity index (χ1v) is 50.0. The number of nitrogens with zero attached hydrogens (tertiary/aromatic N) is 4. The van der Waals surface area contributed by atoms with E-state index in [9.17, 15) is 33.6 Å². The fourth-order valence-corrected chi connectivity index (χ4v) is 15.7. The molecule has 9 aromatic carbocycles. The van der Waals surface area contributed by atoms with Crippen molar-refractivity contribution in [3.8, 4) is 23.0 Å². The molecule has 1 atom stereocenters. The summed E-state index contributed by atoms with van der Waals surface area (Å²) in [5.74, 6) is 3.76. The van der Waals surface area contributed by atoms with Gasteiger partial charge in [-0.2, -0.15) is 0 Å². The molecule has 17 rings (SSSR count). The Bertz CT molecular complexity index is 5230. The molecule has 2 saturated heterocycles. The maximum atomic E-state index is 12.9. The molecule has 8 heterocycles. The molecule has 9 N–H and O–H groups in total. The number of likely N-dealkylation sites (tertiary alicyclic amines) is 1. The minimum atomic E-state index is -0.181. The van der Waals surface area contributed by atoms with E-state index in [2.05, 4.69) is 183 Å². The van der Waals surface area contributed by atoms with Crippen molar-refractivity contribution >= 4 is 213 Å². The number of ether oxygens (including phenoxy) is 3. The van der Waals surface area contributed by atoms with Crippen LogP contribution in [0.2, 0.25) is 0 Å². The average Bonchev–Trinajstić information content (AvgIpc) is 0.802. The number of rotatable bonds is 17. The maximum Gasteiger partial charge on any atom is 1.00 e. The quantitative estimate of drug-likeness (QED) is 0.00847. The molecule has 6 amide bonds. The van der Waals surface area contributed by atoms with Crippen molar-refractivity contribution in [1.82, 2.24) is 40.9 Å². The van der Waals surface area contributed by atoms with Crippen LogP contribution in [0.15, 0.2) is 195 Å². The van der Waals surface area contributed by atoms with E-state index in [-0.39, 0.29) is 361 Å². The molecular formula is C103H132Ac3B2Br3Cl4K2N8NaO17P. The molecule has 9 aromatic rings. The number of amides is 6. The topological polar surface area (TPSA) is 350 Å². The number of halogens is 7. The third kappa shape index (κ3) is 55.4. The zero-order chi connectivity index (χ0) is 98.6. The van der Waals surface area contributed by atoms with E-state index in [0.717, 1.165) is 156 Å². The monoisotopic (exact) mass is 2960 g/mol. The number of aromatic hydroxyl groups is 1. The van der Waals surface area contributed by atoms with Crippen LogP contribution in [0.3, 0.4) is 0 Å². The first kappa shape index (κ1) is 150. The fraction of sp³-hybridized carbons (Fsp3) is 0.379. The molecule has 8 aliphatic heterocycles. The Labute approximate surface area is 1110 Å². The first-order chi connectivity index (χ1) is 65.1. The van der Waals surface area contributed by atoms with Gasteiger partial charge in [-0.15, -0.1) is 109 Å². The number of phenols is 1. The van der Waals surface area contributed by atoms with Crippen molar-refractivity contribution in [3.63, 3.8) is 0 Å². The van der Waals surface area contributed by atoms with Gasteiger partial charge in [0.05, 0.1) is 17.2 Å². The number of benzene rings is 9. The minimum Gasteiger partial charge on any atom is -0.662 e. The number of aldehydes is 1. The van der Waals surface area contributed by atoms with Crippen LogP contribution in [-0.4, -0.2) is 259 Å². The predicted molar refractivity (Wildman–Crippen MR) is 576 cm³/mol. The van der Waals surface area contributed by atoms with Crippen molar-refractivity contribution in [2.45, 2.75) is 146 Å². The number of phenolic OH excluding ortho intramolecular Hbond substituents is 1. The molecule has 0 aromatic heterocycles. The standard InChI is InChI=1S/C25H32N2O2.C19H19NO3.C17H17NO2.C13H15NO.C10H11NO.C9H9NO2.C5H12NP.2CH2Cl2.CH2O3.2CH4.3Ac.BBr3.BH2O2.2K.Na.H2O/c1-19-9-12-26(13-10-19)15-16-27-14-11-21-17-23(7-8-24(21)25(27)28)29-18-22-6-4-3-5-20(22)2;1-14-4-2-3-5-16(14)13-23-17-6-7-18-15(12-17)8-9-20(10-11-21)19(18)22;1-12-4-2-3-5-14(12)11-20-15-6-7-16-13(10-15)8-9-18-17(16)19;1-3-7-14-8-6-11-9-10(2)4-5-12(11)13(14)15;1-7-2-3-9-8(6-7)4-5-11-10(9)12;11-7-1-2-8-6(5-7)3-4-10-9(8)12;7-5-1-3-6-4-2-5;2*2-1-3;2-1-4-3;;;;;;2-1(3)4;2-1-3;;;;/h3-8,17,19H,9-16,18H2,1-2H3;2-7,11-12H,8-10,13H2,1H3;2-7,10H,8-9,11H2,1H3,(H,18,19);3-5,9H,1,6-8H2,2H3;2-3,6H,4-5H2,1H3,(H,11,12);1-2,5,11H,3-4H2,(H,10,12);5-6H,1-4,7H2;2*1H2;1,3H;2*1H4;;;;;2-3H;;;;1H2/q;;;;;;;;;;;;;;;;-1;;2*+1;/p-1. The zero-order valence-corrected chi connectivity index (χ0v) is 114. The molecule has 0 saturated carbocycles. The van der Waals surface area contributed by atoms with Crippen LogP contribution in [0.5, 0.6) is 23.0 Å². The fourth-order valence-electron chi connectivity index (χ4n) is 15.3. The number of piperidine rings is 2. The van der Waals surface area contributed by atoms with Gasteiger partial charge in [-0.3, -0.25) is 33.6 Å². The summed E-state index contributed by atoms with van der Waals surface area (Å²) in [6.45, 7) is 29.5. The van der Waals surface area contributed by atoms with Crippen molar-refractivity contribution in [2.24, 2.45) is 5.92 Å². The third-order valence-corrected chi connectivity index (χ3v) is 23.4. The molecule has 25 nitrogen and oxygen atoms in total. The molecule has 8 aliphatic rings. The number of nitrogens with one attached hydrogen (secondary N) is 4. The van der Waals surface area contributed by atoms with Gasteiger partial charge in [-0.25, -0.2) is 0 Å². The van der Waals surface area contributed by atoms with Gasteiger partial charge in [-0.1, -0.05) is 136 Å². The smallest absolute Gasteiger partial charge is 0.662 e. The second kappa shape index (κ2) is 86.5. The van der Waals surface area contributed by atoms with Crippen LogP contribution < -0.4 is 122 Å². The van der Waals surface area contributed by atoms with Gasteiger partial charge >= 0.3 is 84.1 Å². The summed E-state index contributed by atoms with van der Waals surface area (Å²) in [5, 5.41) is 43.7. The van der Waals surface area contributed by atoms with Crippen LogP contribution in [0.1, 0.15) is 187 Å². The van der Waals surface area contributed by atoms with Gasteiger partial charge in [0.25, 0.3) is 41.9 Å². The summed E-state index contributed by atoms with van der Waals surface area (Å²) in [5.41, 5.74) is 21.6. The van der Waals surface area contributed by atoms with Gasteiger partial charge < -0.3 is 90.6 Å². The normalized spacial score (nSPS) is 13.7. The average molecular weight is 2970 g/mol. The Hall–Kier alpha value is -0.603. The Morgan fingerprint density at radius 1 is 0.479 bits per heavy atom. The molecular weight excluding hydrogens is 2840 g/mol. The maximum absolute atomic E-state index is 12.9. The van der Waals surface area contributed by atoms with Gasteiger partial charge in [0.1, 0.15) is 49.1 Å². The summed E-state index contributed by atoms with van der Waals surface area (Å²) in [6, 6.07) is 58.6. The first-order valence-electron chi connectivity index (χ1n) is 44.4. The van der Waals surface area contributed by atoms with Crippen molar-refractivity contribution in [1.29, 1.82) is 0 Å². The third-order valence-electron chi connectivity index (χ3n) is 22.7. The van der Waals surface area contributed by atoms with E-state index in [4.69, 9.17) is 85.8 Å². The van der Waals surface area contributed by atoms with Crippen LogP contribution >= 0.6 is 103 Å². The SMILES string of the molecule is BrB(Br)Br.C.C.C=CCN1CCc2cc(C)ccc2C1=O.Cc1ccc2c(c1)CCNC2=O.Cc1ccccc1COc1ccc2c(c1)CCN(CC=O)C2=O.Cc1ccccc1COc1ccc2c(c1)CCN(CCN1CCC(C)CC1)C2=O.Cc1ccccc1COc1ccc2c(c1)CCNC2=O.ClCCl.ClCCl.O.O=C1NCCc2cc(O)ccc21.O=CO[O-].O[B-]O.PC1CCNCC1.[Ac].[Ac].[Ac].[K+].[K].[Na+]. The number of hydrogen-bond acceptors (Lipinski definition) is 18. The van der Waals surface area contributed by atoms with E-state index in [1.165, 1.54) is 108 Å². The number of carbonyl (C=O) groups is 8. The van der Waals surface area contributed by atoms with E-state index in [0.29, 0.717) is 57.1 Å². The molecule has 1 unspecified atom stereocenters. The van der Waals surface area contributed by atoms with Crippen molar-refractivity contribution < 1.29 is 296 Å². The summed E-state index contributed by atoms with van der Waals surface area (Å²) in [4.78, 5) is 101. The molecule has 144 heavy (non-hydrogen) atoms. The summed E-state index contributed by atoms with van der Waals surface area (Å²) >= 11 is 28.4. The van der Waals surface area contributed by atoms with Gasteiger partial charge in [0.15, 0.2) is 0 Å². The zero-order valence-electron chi connectivity index (χ0n) is 82.5. The Balaban J connectivity index is -0.000000784. The number of hydrogen-bond donors (Lipinski definition) is 7. The summed E-state index contributed by atoms with van der Waals surface area (Å²) in [6.07, 6.45) is 13.0. The molecule has 0 spiro atoms. The summed E-state index contributed by atoms with van der Waals surface area (Å²) < 4.78 is 18.0. The second-order valence-corrected chi connectivity index (χ2v) is 41.1. The molecule has 0 bridgehead atoms. The Morgan fingerprint density at radius 3 is 1.13 bits per heavy atom. The largest absolute Gasteiger partial charge is 1.00 e. The van der Waals surface area contributed by atoms with Crippen molar-refractivity contribution in [3.05, 3.63) is 306 Å². The van der Waals surface area contributed by atoms with Gasteiger partial charge in [0, 0.05) is 276 Å². The number of fused-ring (bicyclic) bond motifs is 6. The molecule has 41 heteroatoms. The Morgan fingerprint density at radius 2 is 0.785 bits per heavy atom. The molecule has 2 fully saturated rings. The van der Waals surface area contributed by atoms with Gasteiger partial charge in [-0.05, 0) is 296 Å². The minimum absolute atomic E-state index is 0. The number of carbonyl (C=O) groups excluding carboxylic acids is 8. The van der Waals surface area contributed by atoms with Crippen LogP contribution in [0.4, 0.5) is 0 Å².